The molecule has 1 saturated heterocycles. The molecule has 0 bridgehead atoms. The highest BCUT2D eigenvalue weighted by atomic mass is 16.1. The monoisotopic (exact) mass is 391 g/mol. The van der Waals surface area contributed by atoms with Crippen LogP contribution in [-0.2, 0) is 13.6 Å². The summed E-state index contributed by atoms with van der Waals surface area (Å²) in [5, 5.41) is 9.25. The Labute approximate surface area is 171 Å². The first-order chi connectivity index (χ1) is 13.9. The van der Waals surface area contributed by atoms with Crippen molar-refractivity contribution in [2.45, 2.75) is 46.2 Å². The summed E-state index contributed by atoms with van der Waals surface area (Å²) in [7, 11) is 1.94. The number of rotatable bonds is 4. The number of aromatic nitrogens is 4. The van der Waals surface area contributed by atoms with Crippen LogP contribution in [-0.4, -0.2) is 37.6 Å². The molecular weight excluding hydrogens is 362 g/mol. The van der Waals surface area contributed by atoms with Crippen molar-refractivity contribution in [3.63, 3.8) is 0 Å². The summed E-state index contributed by atoms with van der Waals surface area (Å²) in [5.41, 5.74) is 6.55. The van der Waals surface area contributed by atoms with Gasteiger partial charge in [-0.25, -0.2) is 4.68 Å². The fraction of sp³-hybridized carbons (Fsp3) is 0.435. The molecule has 4 rings (SSSR count). The summed E-state index contributed by atoms with van der Waals surface area (Å²) in [4.78, 5) is 15.0. The molecule has 0 amide bonds. The van der Waals surface area contributed by atoms with Crippen molar-refractivity contribution in [2.75, 3.05) is 13.1 Å². The molecule has 6 nitrogen and oxygen atoms in total. The lowest BCUT2D eigenvalue weighted by molar-refractivity contribution is 0.170. The molecule has 0 aliphatic carbocycles. The molecule has 2 aromatic heterocycles. The number of likely N-dealkylation sites (tertiary alicyclic amines) is 1. The first kappa shape index (κ1) is 19.6. The normalized spacial score (nSPS) is 15.7. The van der Waals surface area contributed by atoms with Gasteiger partial charge in [-0.15, -0.1) is 0 Å². The highest BCUT2D eigenvalue weighted by Crippen LogP contribution is 2.26. The van der Waals surface area contributed by atoms with Gasteiger partial charge in [-0.1, -0.05) is 24.3 Å². The van der Waals surface area contributed by atoms with E-state index in [2.05, 4.69) is 41.2 Å². The van der Waals surface area contributed by atoms with E-state index in [0.29, 0.717) is 0 Å². The molecule has 1 aliphatic rings. The van der Waals surface area contributed by atoms with Gasteiger partial charge < -0.3 is 0 Å². The second-order valence-electron chi connectivity index (χ2n) is 8.10. The van der Waals surface area contributed by atoms with Crippen LogP contribution in [0.5, 0.6) is 0 Å². The van der Waals surface area contributed by atoms with Gasteiger partial charge in [0.05, 0.1) is 17.4 Å². The average Bonchev–Trinajstić information content (AvgIpc) is 2.97. The standard InChI is InChI=1S/C23H29N5O/c1-16-7-5-6-8-19(16)15-27-13-11-20(12-14-27)28-22(29)10-9-21(25-28)23-17(2)24-26(4)18(23)3/h5-10,20H,11-15H2,1-4H3. The first-order valence-electron chi connectivity index (χ1n) is 10.3. The minimum atomic E-state index is -0.0229. The van der Waals surface area contributed by atoms with Crippen molar-refractivity contribution >= 4 is 0 Å². The Hall–Kier alpha value is -2.73. The Morgan fingerprint density at radius 2 is 1.72 bits per heavy atom. The van der Waals surface area contributed by atoms with Gasteiger partial charge in [0.1, 0.15) is 0 Å². The van der Waals surface area contributed by atoms with Crippen molar-refractivity contribution in [2.24, 2.45) is 7.05 Å². The molecule has 0 saturated carbocycles. The molecule has 1 aromatic carbocycles. The predicted octanol–water partition coefficient (Wildman–Crippen LogP) is 3.41. The van der Waals surface area contributed by atoms with Crippen molar-refractivity contribution in [1.82, 2.24) is 24.5 Å². The van der Waals surface area contributed by atoms with Crippen LogP contribution in [0.1, 0.15) is 41.4 Å². The number of hydrogen-bond acceptors (Lipinski definition) is 4. The average molecular weight is 392 g/mol. The molecule has 6 heteroatoms. The fourth-order valence-electron chi connectivity index (χ4n) is 4.31. The highest BCUT2D eigenvalue weighted by Gasteiger charge is 2.23. The third-order valence-corrected chi connectivity index (χ3v) is 6.15. The van der Waals surface area contributed by atoms with E-state index in [0.717, 1.165) is 55.1 Å². The second kappa shape index (κ2) is 7.95. The Balaban J connectivity index is 1.51. The molecule has 1 aliphatic heterocycles. The summed E-state index contributed by atoms with van der Waals surface area (Å²) in [6, 6.07) is 12.2. The lowest BCUT2D eigenvalue weighted by Crippen LogP contribution is -2.38. The van der Waals surface area contributed by atoms with Gasteiger partial charge >= 0.3 is 0 Å². The van der Waals surface area contributed by atoms with E-state index in [1.54, 1.807) is 10.7 Å². The molecule has 0 radical (unpaired) electrons. The topological polar surface area (TPSA) is 56.0 Å². The number of benzene rings is 1. The van der Waals surface area contributed by atoms with E-state index in [4.69, 9.17) is 5.10 Å². The quantitative estimate of drug-likeness (QED) is 0.684. The zero-order valence-electron chi connectivity index (χ0n) is 17.7. The maximum atomic E-state index is 12.6. The predicted molar refractivity (Wildman–Crippen MR) is 115 cm³/mol. The van der Waals surface area contributed by atoms with E-state index < -0.39 is 0 Å². The van der Waals surface area contributed by atoms with Gasteiger partial charge in [0.15, 0.2) is 0 Å². The molecular formula is C23H29N5O. The van der Waals surface area contributed by atoms with Gasteiger partial charge in [-0.2, -0.15) is 10.2 Å². The fourth-order valence-corrected chi connectivity index (χ4v) is 4.31. The lowest BCUT2D eigenvalue weighted by atomic mass is 10.0. The van der Waals surface area contributed by atoms with Gasteiger partial charge in [-0.05, 0) is 50.8 Å². The van der Waals surface area contributed by atoms with Crippen molar-refractivity contribution in [3.8, 4) is 11.3 Å². The van der Waals surface area contributed by atoms with Gasteiger partial charge in [0, 0.05) is 44.0 Å². The Morgan fingerprint density at radius 3 is 2.38 bits per heavy atom. The third-order valence-electron chi connectivity index (χ3n) is 6.15. The maximum absolute atomic E-state index is 12.6. The lowest BCUT2D eigenvalue weighted by Gasteiger charge is -2.32. The molecule has 29 heavy (non-hydrogen) atoms. The van der Waals surface area contributed by atoms with E-state index in [1.807, 2.05) is 31.6 Å². The zero-order valence-corrected chi connectivity index (χ0v) is 17.7. The molecule has 3 heterocycles. The molecule has 3 aromatic rings. The Kier molecular flexibility index (Phi) is 5.37. The van der Waals surface area contributed by atoms with Crippen molar-refractivity contribution in [1.29, 1.82) is 0 Å². The highest BCUT2D eigenvalue weighted by molar-refractivity contribution is 5.64. The van der Waals surface area contributed by atoms with Gasteiger partial charge in [0.2, 0.25) is 0 Å². The number of aryl methyl sites for hydroxylation is 3. The number of nitrogens with zero attached hydrogens (tertiary/aromatic N) is 5. The van der Waals surface area contributed by atoms with E-state index in [9.17, 15) is 4.79 Å². The summed E-state index contributed by atoms with van der Waals surface area (Å²) in [6.45, 7) is 9.11. The minimum Gasteiger partial charge on any atom is -0.299 e. The van der Waals surface area contributed by atoms with Gasteiger partial charge in [-0.3, -0.25) is 14.4 Å². The zero-order chi connectivity index (χ0) is 20.5. The molecule has 0 unspecified atom stereocenters. The summed E-state index contributed by atoms with van der Waals surface area (Å²) in [5.74, 6) is 0. The van der Waals surface area contributed by atoms with Crippen LogP contribution in [0.4, 0.5) is 0 Å². The largest absolute Gasteiger partial charge is 0.299 e. The SMILES string of the molecule is Cc1ccccc1CN1CCC(n2nc(-c3c(C)nn(C)c3C)ccc2=O)CC1. The summed E-state index contributed by atoms with van der Waals surface area (Å²) in [6.07, 6.45) is 1.88. The van der Waals surface area contributed by atoms with E-state index >= 15 is 0 Å². The third kappa shape index (κ3) is 3.90. The van der Waals surface area contributed by atoms with Crippen LogP contribution in [0.15, 0.2) is 41.2 Å². The molecule has 0 atom stereocenters. The molecule has 0 N–H and O–H groups in total. The van der Waals surface area contributed by atoms with E-state index in [-0.39, 0.29) is 11.6 Å². The van der Waals surface area contributed by atoms with Crippen LogP contribution >= 0.6 is 0 Å². The maximum Gasteiger partial charge on any atom is 0.267 e. The van der Waals surface area contributed by atoms with Gasteiger partial charge in [0.25, 0.3) is 5.56 Å². The van der Waals surface area contributed by atoms with Crippen molar-refractivity contribution < 1.29 is 0 Å². The molecule has 0 spiro atoms. The van der Waals surface area contributed by atoms with Crippen LogP contribution in [0.25, 0.3) is 11.3 Å². The molecule has 1 fully saturated rings. The summed E-state index contributed by atoms with van der Waals surface area (Å²) < 4.78 is 3.57. The Bertz CT molecular complexity index is 1070. The second-order valence-corrected chi connectivity index (χ2v) is 8.10. The minimum absolute atomic E-state index is 0.0229. The Morgan fingerprint density at radius 1 is 1.00 bits per heavy atom. The van der Waals surface area contributed by atoms with Crippen LogP contribution < -0.4 is 5.56 Å². The smallest absolute Gasteiger partial charge is 0.267 e. The van der Waals surface area contributed by atoms with Crippen LogP contribution in [0.2, 0.25) is 0 Å². The number of hydrogen-bond donors (Lipinski definition) is 0. The van der Waals surface area contributed by atoms with Crippen LogP contribution in [0.3, 0.4) is 0 Å². The first-order valence-corrected chi connectivity index (χ1v) is 10.3. The van der Waals surface area contributed by atoms with Crippen molar-refractivity contribution in [3.05, 3.63) is 69.3 Å². The van der Waals surface area contributed by atoms with Crippen LogP contribution in [0, 0.1) is 20.8 Å². The van der Waals surface area contributed by atoms with E-state index in [1.165, 1.54) is 11.1 Å². The summed E-state index contributed by atoms with van der Waals surface area (Å²) >= 11 is 0. The molecule has 152 valence electrons. The number of piperidine rings is 1.